The molecular formula is C11H12BrNO4. The number of nitrogens with zero attached hydrogens (tertiary/aromatic N) is 1. The molecule has 0 radical (unpaired) electrons. The van der Waals surface area contributed by atoms with Crippen LogP contribution < -0.4 is 4.90 Å². The van der Waals surface area contributed by atoms with Gasteiger partial charge in [-0.2, -0.15) is 0 Å². The van der Waals surface area contributed by atoms with Crippen LogP contribution >= 0.6 is 15.9 Å². The van der Waals surface area contributed by atoms with E-state index in [0.29, 0.717) is 5.69 Å². The predicted molar refractivity (Wildman–Crippen MR) is 66.2 cm³/mol. The molecule has 1 unspecified atom stereocenters. The standard InChI is InChI=1S/C11H12BrNO4/c1-13(8-4-2-7(12)3-5-8)9(11(16)17)6-10(14)15/h2-5,9H,6H2,1H3,(H,14,15)(H,16,17). The molecule has 0 saturated heterocycles. The smallest absolute Gasteiger partial charge is 0.326 e. The van der Waals surface area contributed by atoms with Crippen molar-refractivity contribution in [2.24, 2.45) is 0 Å². The van der Waals surface area contributed by atoms with E-state index in [0.717, 1.165) is 4.47 Å². The van der Waals surface area contributed by atoms with Crippen LogP contribution in [0.3, 0.4) is 0 Å². The molecule has 1 aromatic rings. The SMILES string of the molecule is CN(c1ccc(Br)cc1)C(CC(=O)O)C(=O)O. The monoisotopic (exact) mass is 301 g/mol. The summed E-state index contributed by atoms with van der Waals surface area (Å²) in [4.78, 5) is 23.0. The zero-order valence-corrected chi connectivity index (χ0v) is 10.7. The highest BCUT2D eigenvalue weighted by Gasteiger charge is 2.25. The van der Waals surface area contributed by atoms with Crippen LogP contribution in [0, 0.1) is 0 Å². The molecule has 0 heterocycles. The first-order valence-corrected chi connectivity index (χ1v) is 5.64. The molecule has 6 heteroatoms. The molecule has 5 nitrogen and oxygen atoms in total. The topological polar surface area (TPSA) is 77.8 Å². The van der Waals surface area contributed by atoms with Crippen molar-refractivity contribution in [2.75, 3.05) is 11.9 Å². The molecule has 0 aliphatic heterocycles. The van der Waals surface area contributed by atoms with Gasteiger partial charge in [-0.3, -0.25) is 4.79 Å². The highest BCUT2D eigenvalue weighted by Crippen LogP contribution is 2.20. The Morgan fingerprint density at radius 1 is 1.29 bits per heavy atom. The molecule has 1 aromatic carbocycles. The number of hydrogen-bond acceptors (Lipinski definition) is 3. The molecule has 0 bridgehead atoms. The second-order valence-corrected chi connectivity index (χ2v) is 4.45. The highest BCUT2D eigenvalue weighted by atomic mass is 79.9. The number of rotatable bonds is 5. The van der Waals surface area contributed by atoms with Gasteiger partial charge in [0.25, 0.3) is 0 Å². The van der Waals surface area contributed by atoms with Crippen molar-refractivity contribution >= 4 is 33.6 Å². The largest absolute Gasteiger partial charge is 0.481 e. The van der Waals surface area contributed by atoms with E-state index >= 15 is 0 Å². The molecule has 0 spiro atoms. The van der Waals surface area contributed by atoms with Crippen LogP contribution in [0.15, 0.2) is 28.7 Å². The Labute approximate surface area is 107 Å². The van der Waals surface area contributed by atoms with Gasteiger partial charge >= 0.3 is 11.9 Å². The van der Waals surface area contributed by atoms with E-state index in [2.05, 4.69) is 15.9 Å². The fourth-order valence-corrected chi connectivity index (χ4v) is 1.68. The lowest BCUT2D eigenvalue weighted by molar-refractivity contribution is -0.145. The molecular weight excluding hydrogens is 290 g/mol. The summed E-state index contributed by atoms with van der Waals surface area (Å²) in [5.74, 6) is -2.29. The second kappa shape index (κ2) is 5.67. The maximum absolute atomic E-state index is 11.0. The summed E-state index contributed by atoms with van der Waals surface area (Å²) in [6.45, 7) is 0. The number of aliphatic carboxylic acids is 2. The van der Waals surface area contributed by atoms with Crippen molar-refractivity contribution in [3.63, 3.8) is 0 Å². The Kier molecular flexibility index (Phi) is 4.51. The van der Waals surface area contributed by atoms with Crippen molar-refractivity contribution in [2.45, 2.75) is 12.5 Å². The van der Waals surface area contributed by atoms with Gasteiger partial charge in [-0.25, -0.2) is 4.79 Å². The number of benzene rings is 1. The van der Waals surface area contributed by atoms with Gasteiger partial charge in [-0.1, -0.05) is 15.9 Å². The molecule has 0 aliphatic rings. The molecule has 0 aliphatic carbocycles. The Bertz CT molecular complexity index is 418. The number of carbonyl (C=O) groups is 2. The van der Waals surface area contributed by atoms with Crippen molar-refractivity contribution in [3.8, 4) is 0 Å². The average molecular weight is 302 g/mol. The van der Waals surface area contributed by atoms with Crippen LogP contribution in [0.25, 0.3) is 0 Å². The van der Waals surface area contributed by atoms with Crippen molar-refractivity contribution < 1.29 is 19.8 Å². The minimum Gasteiger partial charge on any atom is -0.481 e. The molecule has 2 N–H and O–H groups in total. The lowest BCUT2D eigenvalue weighted by Crippen LogP contribution is -2.40. The third-order valence-corrected chi connectivity index (χ3v) is 2.88. The van der Waals surface area contributed by atoms with E-state index in [1.54, 1.807) is 31.3 Å². The highest BCUT2D eigenvalue weighted by molar-refractivity contribution is 9.10. The van der Waals surface area contributed by atoms with Crippen molar-refractivity contribution in [1.29, 1.82) is 0 Å². The van der Waals surface area contributed by atoms with Gasteiger partial charge in [0.05, 0.1) is 6.42 Å². The molecule has 0 fully saturated rings. The number of hydrogen-bond donors (Lipinski definition) is 2. The van der Waals surface area contributed by atoms with Crippen LogP contribution in [-0.4, -0.2) is 35.2 Å². The lowest BCUT2D eigenvalue weighted by Gasteiger charge is -2.25. The molecule has 17 heavy (non-hydrogen) atoms. The summed E-state index contributed by atoms with van der Waals surface area (Å²) in [6.07, 6.45) is -0.443. The van der Waals surface area contributed by atoms with Crippen LogP contribution in [0.4, 0.5) is 5.69 Å². The Hall–Kier alpha value is -1.56. The molecule has 92 valence electrons. The first-order valence-electron chi connectivity index (χ1n) is 4.85. The predicted octanol–water partition coefficient (Wildman–Crippen LogP) is 1.81. The Morgan fingerprint density at radius 3 is 2.24 bits per heavy atom. The second-order valence-electron chi connectivity index (χ2n) is 3.54. The Morgan fingerprint density at radius 2 is 1.82 bits per heavy atom. The third kappa shape index (κ3) is 3.74. The lowest BCUT2D eigenvalue weighted by atomic mass is 10.1. The summed E-state index contributed by atoms with van der Waals surface area (Å²) in [7, 11) is 1.56. The molecule has 1 rings (SSSR count). The van der Waals surface area contributed by atoms with E-state index in [1.807, 2.05) is 0 Å². The average Bonchev–Trinajstić information content (AvgIpc) is 2.25. The summed E-state index contributed by atoms with van der Waals surface area (Å²) in [6, 6.07) is 5.91. The minimum atomic E-state index is -1.15. The summed E-state index contributed by atoms with van der Waals surface area (Å²) < 4.78 is 0.875. The number of anilines is 1. The molecule has 1 atom stereocenters. The van der Waals surface area contributed by atoms with E-state index in [-0.39, 0.29) is 0 Å². The third-order valence-electron chi connectivity index (χ3n) is 2.35. The van der Waals surface area contributed by atoms with E-state index in [1.165, 1.54) is 4.90 Å². The summed E-state index contributed by atoms with van der Waals surface area (Å²) >= 11 is 3.27. The van der Waals surface area contributed by atoms with Gasteiger partial charge in [0, 0.05) is 17.2 Å². The zero-order valence-electron chi connectivity index (χ0n) is 9.13. The van der Waals surface area contributed by atoms with Gasteiger partial charge in [-0.05, 0) is 24.3 Å². The first-order chi connectivity index (χ1) is 7.91. The number of halogens is 1. The van der Waals surface area contributed by atoms with Crippen LogP contribution in [-0.2, 0) is 9.59 Å². The zero-order chi connectivity index (χ0) is 13.0. The van der Waals surface area contributed by atoms with Crippen LogP contribution in [0.2, 0.25) is 0 Å². The van der Waals surface area contributed by atoms with E-state index in [9.17, 15) is 9.59 Å². The van der Waals surface area contributed by atoms with E-state index < -0.39 is 24.4 Å². The number of carboxylic acid groups (broad SMARTS) is 2. The quantitative estimate of drug-likeness (QED) is 0.867. The number of likely N-dealkylation sites (N-methyl/N-ethyl adjacent to an activating group) is 1. The van der Waals surface area contributed by atoms with Gasteiger partial charge in [0.15, 0.2) is 0 Å². The van der Waals surface area contributed by atoms with Crippen molar-refractivity contribution in [3.05, 3.63) is 28.7 Å². The van der Waals surface area contributed by atoms with Gasteiger partial charge in [-0.15, -0.1) is 0 Å². The molecule has 0 amide bonds. The van der Waals surface area contributed by atoms with Gasteiger partial charge in [0.2, 0.25) is 0 Å². The summed E-state index contributed by atoms with van der Waals surface area (Å²) in [5.41, 5.74) is 0.654. The number of carboxylic acids is 2. The van der Waals surface area contributed by atoms with Crippen LogP contribution in [0.1, 0.15) is 6.42 Å². The fourth-order valence-electron chi connectivity index (χ4n) is 1.41. The fraction of sp³-hybridized carbons (Fsp3) is 0.273. The first kappa shape index (κ1) is 13.5. The normalized spacial score (nSPS) is 11.9. The minimum absolute atomic E-state index is 0.443. The van der Waals surface area contributed by atoms with Gasteiger partial charge < -0.3 is 15.1 Å². The van der Waals surface area contributed by atoms with Crippen molar-refractivity contribution in [1.82, 2.24) is 0 Å². The Balaban J connectivity index is 2.91. The summed E-state index contributed by atoms with van der Waals surface area (Å²) in [5, 5.41) is 17.7. The molecule has 0 saturated carbocycles. The molecule has 0 aromatic heterocycles. The van der Waals surface area contributed by atoms with Crippen LogP contribution in [0.5, 0.6) is 0 Å². The maximum Gasteiger partial charge on any atom is 0.326 e. The maximum atomic E-state index is 11.0. The van der Waals surface area contributed by atoms with E-state index in [4.69, 9.17) is 10.2 Å². The van der Waals surface area contributed by atoms with Gasteiger partial charge in [0.1, 0.15) is 6.04 Å².